The highest BCUT2D eigenvalue weighted by Gasteiger charge is 2.16. The van der Waals surface area contributed by atoms with Crippen LogP contribution in [0.1, 0.15) is 44.3 Å². The van der Waals surface area contributed by atoms with Crippen molar-refractivity contribution in [3.8, 4) is 0 Å². The number of carbonyl (C=O) groups excluding carboxylic acids is 1. The van der Waals surface area contributed by atoms with Gasteiger partial charge in [-0.05, 0) is 18.4 Å². The van der Waals surface area contributed by atoms with Crippen LogP contribution < -0.4 is 0 Å². The molecule has 1 N–H and O–H groups in total. The van der Waals surface area contributed by atoms with Gasteiger partial charge in [-0.1, -0.05) is 24.7 Å². The maximum absolute atomic E-state index is 11.3. The van der Waals surface area contributed by atoms with Crippen molar-refractivity contribution in [3.05, 3.63) is 27.1 Å². The molecule has 1 heterocycles. The monoisotopic (exact) mass is 287 g/mol. The van der Waals surface area contributed by atoms with Gasteiger partial charge in [0.25, 0.3) is 0 Å². The van der Waals surface area contributed by atoms with Crippen molar-refractivity contribution in [2.24, 2.45) is 0 Å². The van der Waals surface area contributed by atoms with Crippen LogP contribution in [-0.2, 0) is 9.53 Å². The van der Waals surface area contributed by atoms with Crippen LogP contribution in [0.15, 0.2) is 11.4 Å². The summed E-state index contributed by atoms with van der Waals surface area (Å²) < 4.78 is 4.96. The third-order valence-electron chi connectivity index (χ3n) is 2.55. The third kappa shape index (κ3) is 5.35. The second-order valence-corrected chi connectivity index (χ2v) is 4.99. The molecule has 1 unspecified atom stereocenters. The molecule has 106 valence electrons. The first kappa shape index (κ1) is 15.6. The first-order valence-corrected chi connectivity index (χ1v) is 6.99. The van der Waals surface area contributed by atoms with E-state index in [0.717, 1.165) is 24.2 Å². The Morgan fingerprint density at radius 1 is 1.63 bits per heavy atom. The number of thiophene rings is 1. The van der Waals surface area contributed by atoms with E-state index in [2.05, 4.69) is 0 Å². The van der Waals surface area contributed by atoms with Crippen molar-refractivity contribution in [3.63, 3.8) is 0 Å². The minimum Gasteiger partial charge on any atom is -0.466 e. The van der Waals surface area contributed by atoms with Crippen LogP contribution in [0.3, 0.4) is 0 Å². The van der Waals surface area contributed by atoms with Crippen LogP contribution in [0, 0.1) is 10.1 Å². The fourth-order valence-electron chi connectivity index (χ4n) is 1.43. The Balaban J connectivity index is 2.35. The van der Waals surface area contributed by atoms with E-state index < -0.39 is 11.0 Å². The van der Waals surface area contributed by atoms with Gasteiger partial charge in [0.05, 0.1) is 17.6 Å². The van der Waals surface area contributed by atoms with Crippen molar-refractivity contribution in [1.29, 1.82) is 0 Å². The Bertz CT molecular complexity index is 432. The molecule has 0 aliphatic carbocycles. The summed E-state index contributed by atoms with van der Waals surface area (Å²) in [4.78, 5) is 21.3. The second-order valence-electron chi connectivity index (χ2n) is 4.10. The molecule has 1 aromatic rings. The number of ether oxygens (including phenoxy) is 1. The zero-order valence-corrected chi connectivity index (χ0v) is 11.5. The molecule has 1 rings (SSSR count). The highest BCUT2D eigenvalue weighted by Crippen LogP contribution is 2.28. The fraction of sp³-hybridized carbons (Fsp3) is 0.583. The number of aliphatic hydroxyl groups excluding tert-OH is 1. The molecule has 0 spiro atoms. The molecule has 1 atom stereocenters. The van der Waals surface area contributed by atoms with Gasteiger partial charge in [-0.15, -0.1) is 0 Å². The summed E-state index contributed by atoms with van der Waals surface area (Å²) in [6.45, 7) is 2.40. The summed E-state index contributed by atoms with van der Waals surface area (Å²) in [5, 5.41) is 21.8. The minimum absolute atomic E-state index is 0.0143. The number of unbranched alkanes of at least 4 members (excludes halogenated alkanes) is 1. The summed E-state index contributed by atoms with van der Waals surface area (Å²) >= 11 is 0.962. The Morgan fingerprint density at radius 3 is 2.95 bits per heavy atom. The van der Waals surface area contributed by atoms with Gasteiger partial charge in [0.15, 0.2) is 0 Å². The summed E-state index contributed by atoms with van der Waals surface area (Å²) in [6.07, 6.45) is 1.22. The predicted octanol–water partition coefficient (Wildman–Crippen LogP) is 2.81. The quantitative estimate of drug-likeness (QED) is 0.343. The van der Waals surface area contributed by atoms with Crippen LogP contribution >= 0.6 is 11.3 Å². The Morgan fingerprint density at radius 2 is 2.37 bits per heavy atom. The highest BCUT2D eigenvalue weighted by atomic mass is 32.1. The van der Waals surface area contributed by atoms with Gasteiger partial charge in [-0.25, -0.2) is 0 Å². The summed E-state index contributed by atoms with van der Waals surface area (Å²) in [6, 6.07) is 1.33. The molecule has 7 heteroatoms. The molecule has 1 aromatic heterocycles. The number of esters is 1. The van der Waals surface area contributed by atoms with Gasteiger partial charge in [0.1, 0.15) is 0 Å². The molecule has 19 heavy (non-hydrogen) atoms. The average molecular weight is 287 g/mol. The number of nitrogens with zero attached hydrogens (tertiary/aromatic N) is 1. The first-order chi connectivity index (χ1) is 9.04. The van der Waals surface area contributed by atoms with Crippen molar-refractivity contribution in [2.75, 3.05) is 6.61 Å². The lowest BCUT2D eigenvalue weighted by atomic mass is 10.1. The van der Waals surface area contributed by atoms with Crippen molar-refractivity contribution in [1.82, 2.24) is 0 Å². The van der Waals surface area contributed by atoms with E-state index in [-0.39, 0.29) is 23.8 Å². The SMILES string of the molecule is CCCCOC(=O)CCC(O)c1csc([N+](=O)[O-])c1. The Hall–Kier alpha value is -1.47. The molecule has 0 aromatic carbocycles. The summed E-state index contributed by atoms with van der Waals surface area (Å²) in [5.74, 6) is -0.350. The standard InChI is InChI=1S/C12H17NO5S/c1-2-3-6-18-12(15)5-4-10(14)9-7-11(13(16)17)19-8-9/h7-8,10,14H,2-6H2,1H3. The van der Waals surface area contributed by atoms with Gasteiger partial charge in [0, 0.05) is 17.9 Å². The number of rotatable bonds is 8. The Kier molecular flexibility index (Phi) is 6.44. The lowest BCUT2D eigenvalue weighted by Crippen LogP contribution is -2.08. The van der Waals surface area contributed by atoms with Crippen LogP contribution in [-0.4, -0.2) is 22.6 Å². The molecule has 0 fully saturated rings. The fourth-order valence-corrected chi connectivity index (χ4v) is 2.21. The van der Waals surface area contributed by atoms with Crippen LogP contribution in [0.4, 0.5) is 5.00 Å². The first-order valence-electron chi connectivity index (χ1n) is 6.11. The highest BCUT2D eigenvalue weighted by molar-refractivity contribution is 7.13. The van der Waals surface area contributed by atoms with Crippen LogP contribution in [0.5, 0.6) is 0 Å². The largest absolute Gasteiger partial charge is 0.466 e. The summed E-state index contributed by atoms with van der Waals surface area (Å²) in [5.41, 5.74) is 0.470. The van der Waals surface area contributed by atoms with E-state index in [1.165, 1.54) is 11.4 Å². The minimum atomic E-state index is -0.872. The second kappa shape index (κ2) is 7.85. The van der Waals surface area contributed by atoms with E-state index in [4.69, 9.17) is 4.74 Å². The predicted molar refractivity (Wildman–Crippen MR) is 71.0 cm³/mol. The maximum atomic E-state index is 11.3. The normalized spacial score (nSPS) is 12.1. The number of hydrogen-bond donors (Lipinski definition) is 1. The molecule has 0 aliphatic heterocycles. The van der Waals surface area contributed by atoms with Crippen LogP contribution in [0.2, 0.25) is 0 Å². The van der Waals surface area contributed by atoms with Gasteiger partial charge in [0.2, 0.25) is 0 Å². The van der Waals surface area contributed by atoms with Crippen LogP contribution in [0.25, 0.3) is 0 Å². The average Bonchev–Trinajstić information content (AvgIpc) is 2.86. The zero-order valence-electron chi connectivity index (χ0n) is 10.7. The lowest BCUT2D eigenvalue weighted by Gasteiger charge is -2.08. The molecule has 6 nitrogen and oxygen atoms in total. The van der Waals surface area contributed by atoms with Gasteiger partial charge in [-0.3, -0.25) is 14.9 Å². The van der Waals surface area contributed by atoms with Crippen molar-refractivity contribution >= 4 is 22.3 Å². The molecule has 0 radical (unpaired) electrons. The van der Waals surface area contributed by atoms with E-state index >= 15 is 0 Å². The number of carbonyl (C=O) groups is 1. The summed E-state index contributed by atoms with van der Waals surface area (Å²) in [7, 11) is 0. The van der Waals surface area contributed by atoms with Gasteiger partial charge >= 0.3 is 11.0 Å². The molecular formula is C12H17NO5S. The molecule has 0 aliphatic rings. The van der Waals surface area contributed by atoms with E-state index in [1.54, 1.807) is 0 Å². The zero-order chi connectivity index (χ0) is 14.3. The van der Waals surface area contributed by atoms with Gasteiger partial charge < -0.3 is 9.84 Å². The smallest absolute Gasteiger partial charge is 0.324 e. The van der Waals surface area contributed by atoms with E-state index in [9.17, 15) is 20.0 Å². The Labute approximate surface area is 115 Å². The van der Waals surface area contributed by atoms with E-state index in [1.807, 2.05) is 6.92 Å². The topological polar surface area (TPSA) is 89.7 Å². The van der Waals surface area contributed by atoms with E-state index in [0.29, 0.717) is 12.2 Å². The molecule has 0 saturated carbocycles. The number of hydrogen-bond acceptors (Lipinski definition) is 6. The lowest BCUT2D eigenvalue weighted by molar-refractivity contribution is -0.380. The van der Waals surface area contributed by atoms with Crippen molar-refractivity contribution in [2.45, 2.75) is 38.7 Å². The molecule has 0 saturated heterocycles. The molecule has 0 amide bonds. The molecular weight excluding hydrogens is 270 g/mol. The maximum Gasteiger partial charge on any atom is 0.324 e. The van der Waals surface area contributed by atoms with Crippen molar-refractivity contribution < 1.29 is 19.6 Å². The number of nitro groups is 1. The number of aliphatic hydroxyl groups is 1. The van der Waals surface area contributed by atoms with Gasteiger partial charge in [-0.2, -0.15) is 0 Å². The third-order valence-corrected chi connectivity index (χ3v) is 3.45. The molecule has 0 bridgehead atoms.